The fourth-order valence-corrected chi connectivity index (χ4v) is 4.68. The van der Waals surface area contributed by atoms with Crippen LogP contribution in [0.5, 0.6) is 0 Å². The van der Waals surface area contributed by atoms with Gasteiger partial charge in [-0.3, -0.25) is 0 Å². The zero-order valence-corrected chi connectivity index (χ0v) is 13.8. The molecule has 118 valence electrons. The Morgan fingerprint density at radius 1 is 1.19 bits per heavy atom. The summed E-state index contributed by atoms with van der Waals surface area (Å²) in [6.07, 6.45) is 10.0. The van der Waals surface area contributed by atoms with Gasteiger partial charge in [0.05, 0.1) is 11.2 Å². The van der Waals surface area contributed by atoms with E-state index in [-0.39, 0.29) is 0 Å². The zero-order valence-electron chi connectivity index (χ0n) is 13.0. The van der Waals surface area contributed by atoms with E-state index in [0.717, 1.165) is 18.3 Å². The van der Waals surface area contributed by atoms with Gasteiger partial charge in [0.25, 0.3) is 0 Å². The lowest BCUT2D eigenvalue weighted by Gasteiger charge is -2.23. The molecule has 1 N–H and O–H groups in total. The van der Waals surface area contributed by atoms with Gasteiger partial charge in [0.2, 0.25) is 5.89 Å². The Balaban J connectivity index is 1.71. The van der Waals surface area contributed by atoms with Crippen LogP contribution in [0.15, 0.2) is 4.52 Å². The first-order valence-electron chi connectivity index (χ1n) is 8.57. The quantitative estimate of drug-likeness (QED) is 0.831. The molecule has 5 heteroatoms. The Labute approximate surface area is 131 Å². The molecular weight excluding hydrogens is 282 g/mol. The maximum Gasteiger partial charge on any atom is 0.231 e. The van der Waals surface area contributed by atoms with E-state index in [4.69, 9.17) is 9.51 Å². The Bertz CT molecular complexity index is 431. The number of rotatable bonds is 5. The number of hydrogen-bond acceptors (Lipinski definition) is 5. The van der Waals surface area contributed by atoms with Gasteiger partial charge in [-0.2, -0.15) is 16.7 Å². The second kappa shape index (κ2) is 7.63. The molecule has 0 aromatic carbocycles. The minimum atomic E-state index is 0.409. The van der Waals surface area contributed by atoms with Gasteiger partial charge in [0, 0.05) is 6.04 Å². The van der Waals surface area contributed by atoms with Crippen molar-refractivity contribution < 1.29 is 4.52 Å². The van der Waals surface area contributed by atoms with Gasteiger partial charge in [-0.1, -0.05) is 31.3 Å². The van der Waals surface area contributed by atoms with Crippen LogP contribution in [0.25, 0.3) is 0 Å². The fraction of sp³-hybridized carbons (Fsp3) is 0.875. The number of nitrogens with one attached hydrogen (secondary N) is 1. The normalized spacial score (nSPS) is 30.4. The molecule has 3 unspecified atom stereocenters. The minimum absolute atomic E-state index is 0.409. The first-order valence-corrected chi connectivity index (χ1v) is 9.62. The molecule has 3 rings (SSSR count). The number of hydrogen-bond donors (Lipinski definition) is 1. The molecule has 3 atom stereocenters. The van der Waals surface area contributed by atoms with Crippen LogP contribution in [-0.2, 0) is 0 Å². The van der Waals surface area contributed by atoms with Crippen molar-refractivity contribution in [1.29, 1.82) is 0 Å². The topological polar surface area (TPSA) is 51.0 Å². The Morgan fingerprint density at radius 2 is 2.10 bits per heavy atom. The summed E-state index contributed by atoms with van der Waals surface area (Å²) in [6, 6.07) is 0.511. The highest BCUT2D eigenvalue weighted by Gasteiger charge is 2.31. The molecule has 1 saturated carbocycles. The van der Waals surface area contributed by atoms with Crippen LogP contribution in [0.4, 0.5) is 0 Å². The molecule has 2 fully saturated rings. The Morgan fingerprint density at radius 3 is 2.90 bits per heavy atom. The van der Waals surface area contributed by atoms with Gasteiger partial charge in [-0.15, -0.1) is 0 Å². The minimum Gasteiger partial charge on any atom is -0.339 e. The van der Waals surface area contributed by atoms with E-state index in [1.54, 1.807) is 0 Å². The van der Waals surface area contributed by atoms with Crippen LogP contribution in [0.2, 0.25) is 0 Å². The Kier molecular flexibility index (Phi) is 5.58. The molecule has 2 heterocycles. The van der Waals surface area contributed by atoms with Gasteiger partial charge in [-0.05, 0) is 44.4 Å². The second-order valence-corrected chi connectivity index (χ2v) is 7.61. The summed E-state index contributed by atoms with van der Waals surface area (Å²) in [5.74, 6) is 3.46. The van der Waals surface area contributed by atoms with Crippen molar-refractivity contribution >= 4 is 11.8 Å². The zero-order chi connectivity index (χ0) is 14.5. The average molecular weight is 309 g/mol. The highest BCUT2D eigenvalue weighted by Crippen LogP contribution is 2.39. The van der Waals surface area contributed by atoms with E-state index in [2.05, 4.69) is 17.4 Å². The van der Waals surface area contributed by atoms with Gasteiger partial charge in [0.1, 0.15) is 0 Å². The van der Waals surface area contributed by atoms with E-state index < -0.39 is 0 Å². The van der Waals surface area contributed by atoms with Crippen LogP contribution in [-0.4, -0.2) is 28.5 Å². The van der Waals surface area contributed by atoms with Crippen molar-refractivity contribution in [1.82, 2.24) is 15.5 Å². The molecule has 0 radical (unpaired) electrons. The van der Waals surface area contributed by atoms with Crippen molar-refractivity contribution in [3.05, 3.63) is 11.7 Å². The molecular formula is C16H27N3OS. The van der Waals surface area contributed by atoms with Crippen LogP contribution in [0.3, 0.4) is 0 Å². The lowest BCUT2D eigenvalue weighted by atomic mass is 9.94. The molecule has 1 aliphatic carbocycles. The molecule has 0 bridgehead atoms. The molecule has 2 aliphatic rings. The summed E-state index contributed by atoms with van der Waals surface area (Å²) in [7, 11) is 0. The van der Waals surface area contributed by atoms with Crippen LogP contribution in [0.1, 0.15) is 81.2 Å². The summed E-state index contributed by atoms with van der Waals surface area (Å²) in [6.45, 7) is 3.31. The van der Waals surface area contributed by atoms with Crippen LogP contribution >= 0.6 is 11.8 Å². The van der Waals surface area contributed by atoms with Crippen molar-refractivity contribution in [3.63, 3.8) is 0 Å². The van der Waals surface area contributed by atoms with E-state index >= 15 is 0 Å². The largest absolute Gasteiger partial charge is 0.339 e. The smallest absolute Gasteiger partial charge is 0.231 e. The molecule has 1 saturated heterocycles. The maximum absolute atomic E-state index is 5.67. The maximum atomic E-state index is 5.67. The predicted octanol–water partition coefficient (Wildman–Crippen LogP) is 4.05. The summed E-state index contributed by atoms with van der Waals surface area (Å²) in [4.78, 5) is 4.78. The third kappa shape index (κ3) is 3.81. The first kappa shape index (κ1) is 15.3. The molecule has 21 heavy (non-hydrogen) atoms. The predicted molar refractivity (Wildman–Crippen MR) is 86.6 cm³/mol. The van der Waals surface area contributed by atoms with Crippen molar-refractivity contribution in [3.8, 4) is 0 Å². The van der Waals surface area contributed by atoms with Crippen molar-refractivity contribution in [2.24, 2.45) is 0 Å². The second-order valence-electron chi connectivity index (χ2n) is 6.30. The highest BCUT2D eigenvalue weighted by atomic mass is 32.2. The number of nitrogens with zero attached hydrogens (tertiary/aromatic N) is 2. The molecule has 1 aliphatic heterocycles. The third-order valence-corrected chi connectivity index (χ3v) is 6.04. The highest BCUT2D eigenvalue weighted by molar-refractivity contribution is 7.99. The summed E-state index contributed by atoms with van der Waals surface area (Å²) in [5, 5.41) is 8.46. The first-order chi connectivity index (χ1) is 10.4. The lowest BCUT2D eigenvalue weighted by molar-refractivity contribution is 0.302. The van der Waals surface area contributed by atoms with Gasteiger partial charge in [-0.25, -0.2) is 0 Å². The lowest BCUT2D eigenvalue weighted by Crippen LogP contribution is -2.35. The van der Waals surface area contributed by atoms with Gasteiger partial charge < -0.3 is 9.84 Å². The average Bonchev–Trinajstić information content (AvgIpc) is 3.13. The molecule has 1 aromatic rings. The molecule has 0 amide bonds. The molecule has 0 spiro atoms. The van der Waals surface area contributed by atoms with Crippen LogP contribution < -0.4 is 5.32 Å². The third-order valence-electron chi connectivity index (χ3n) is 4.66. The van der Waals surface area contributed by atoms with Crippen molar-refractivity contribution in [2.75, 3.05) is 12.3 Å². The fourth-order valence-electron chi connectivity index (χ4n) is 3.49. The molecule has 4 nitrogen and oxygen atoms in total. The standard InChI is InChI=1S/C16H27N3OS/c1-2-10-17-13-8-5-3-4-7-12(13)16-18-15(19-20-16)14-9-6-11-21-14/h12-14,17H,2-11H2,1H3. The van der Waals surface area contributed by atoms with E-state index in [0.29, 0.717) is 17.2 Å². The monoisotopic (exact) mass is 309 g/mol. The molecule has 1 aromatic heterocycles. The SMILES string of the molecule is CCCNC1CCCCCC1c1nc(C2CCCS2)no1. The summed E-state index contributed by atoms with van der Waals surface area (Å²) >= 11 is 1.97. The number of thioether (sulfide) groups is 1. The van der Waals surface area contributed by atoms with E-state index in [1.807, 2.05) is 11.8 Å². The summed E-state index contributed by atoms with van der Waals surface area (Å²) in [5.41, 5.74) is 0. The number of aromatic nitrogens is 2. The van der Waals surface area contributed by atoms with Gasteiger partial charge >= 0.3 is 0 Å². The van der Waals surface area contributed by atoms with E-state index in [9.17, 15) is 0 Å². The summed E-state index contributed by atoms with van der Waals surface area (Å²) < 4.78 is 5.67. The van der Waals surface area contributed by atoms with E-state index in [1.165, 1.54) is 57.1 Å². The van der Waals surface area contributed by atoms with Crippen LogP contribution in [0, 0.1) is 0 Å². The van der Waals surface area contributed by atoms with Crippen molar-refractivity contribution in [2.45, 2.75) is 75.5 Å². The Hall–Kier alpha value is -0.550. The van der Waals surface area contributed by atoms with Gasteiger partial charge in [0.15, 0.2) is 5.82 Å².